The predicted octanol–water partition coefficient (Wildman–Crippen LogP) is 4.01. The van der Waals surface area contributed by atoms with Crippen molar-refractivity contribution in [3.63, 3.8) is 0 Å². The lowest BCUT2D eigenvalue weighted by Crippen LogP contribution is -2.37. The van der Waals surface area contributed by atoms with E-state index in [-0.39, 0.29) is 29.9 Å². The normalized spacial score (nSPS) is 10.7. The number of rotatable bonds is 9. The fourth-order valence-corrected chi connectivity index (χ4v) is 3.01. The van der Waals surface area contributed by atoms with Crippen LogP contribution in [0.2, 0.25) is 5.02 Å². The van der Waals surface area contributed by atoms with Gasteiger partial charge in [0.25, 0.3) is 5.91 Å². The number of hydrogen-bond acceptors (Lipinski definition) is 3. The second-order valence-electron chi connectivity index (χ2n) is 6.52. The van der Waals surface area contributed by atoms with Gasteiger partial charge in [-0.3, -0.25) is 9.79 Å². The first-order valence-corrected chi connectivity index (χ1v) is 10.1. The number of ether oxygens (including phenoxy) is 1. The Morgan fingerprint density at radius 2 is 1.90 bits per heavy atom. The fraction of sp³-hybridized carbons (Fsp3) is 0.364. The molecule has 0 fully saturated rings. The van der Waals surface area contributed by atoms with Crippen LogP contribution in [0.1, 0.15) is 34.8 Å². The maximum Gasteiger partial charge on any atom is 0.251 e. The third-order valence-electron chi connectivity index (χ3n) is 4.36. The van der Waals surface area contributed by atoms with Gasteiger partial charge in [0, 0.05) is 37.3 Å². The highest BCUT2D eigenvalue weighted by atomic mass is 127. The van der Waals surface area contributed by atoms with Crippen molar-refractivity contribution >= 4 is 47.4 Å². The van der Waals surface area contributed by atoms with E-state index in [1.807, 2.05) is 49.4 Å². The zero-order chi connectivity index (χ0) is 21.1. The summed E-state index contributed by atoms with van der Waals surface area (Å²) in [5, 5.41) is 10.1. The van der Waals surface area contributed by atoms with Gasteiger partial charge >= 0.3 is 0 Å². The lowest BCUT2D eigenvalue weighted by molar-refractivity contribution is 0.0953. The van der Waals surface area contributed by atoms with Crippen molar-refractivity contribution in [3.05, 3.63) is 64.2 Å². The molecule has 0 spiro atoms. The largest absolute Gasteiger partial charge is 0.497 e. The van der Waals surface area contributed by atoms with Gasteiger partial charge < -0.3 is 20.7 Å². The van der Waals surface area contributed by atoms with Crippen LogP contribution in [-0.4, -0.2) is 39.1 Å². The second kappa shape index (κ2) is 14.1. The highest BCUT2D eigenvalue weighted by Crippen LogP contribution is 2.22. The van der Waals surface area contributed by atoms with Crippen LogP contribution in [0.5, 0.6) is 5.75 Å². The molecule has 0 radical (unpaired) electrons. The Kier molecular flexibility index (Phi) is 12.2. The van der Waals surface area contributed by atoms with E-state index in [1.54, 1.807) is 14.2 Å². The van der Waals surface area contributed by atoms with Crippen LogP contribution in [-0.2, 0) is 13.0 Å². The smallest absolute Gasteiger partial charge is 0.251 e. The van der Waals surface area contributed by atoms with E-state index < -0.39 is 0 Å². The summed E-state index contributed by atoms with van der Waals surface area (Å²) < 4.78 is 5.17. The van der Waals surface area contributed by atoms with Crippen LogP contribution in [0.15, 0.2) is 47.5 Å². The number of halogens is 2. The van der Waals surface area contributed by atoms with Gasteiger partial charge in [-0.1, -0.05) is 36.7 Å². The topological polar surface area (TPSA) is 74.8 Å². The Bertz CT molecular complexity index is 846. The first-order chi connectivity index (χ1) is 14.1. The fourth-order valence-electron chi connectivity index (χ4n) is 2.74. The van der Waals surface area contributed by atoms with E-state index in [1.165, 1.54) is 0 Å². The van der Waals surface area contributed by atoms with E-state index in [2.05, 4.69) is 20.9 Å². The minimum absolute atomic E-state index is 0. The molecule has 164 valence electrons. The van der Waals surface area contributed by atoms with Gasteiger partial charge in [0.2, 0.25) is 0 Å². The summed E-state index contributed by atoms with van der Waals surface area (Å²) >= 11 is 6.28. The Hall–Kier alpha value is -2.00. The number of hydrogen-bond donors (Lipinski definition) is 3. The van der Waals surface area contributed by atoms with Gasteiger partial charge in [-0.05, 0) is 48.2 Å². The third-order valence-corrected chi connectivity index (χ3v) is 4.71. The van der Waals surface area contributed by atoms with Crippen LogP contribution >= 0.6 is 35.6 Å². The zero-order valence-corrected chi connectivity index (χ0v) is 20.7. The third kappa shape index (κ3) is 8.39. The quantitative estimate of drug-likeness (QED) is 0.253. The van der Waals surface area contributed by atoms with Gasteiger partial charge in [0.15, 0.2) is 5.96 Å². The van der Waals surface area contributed by atoms with E-state index in [0.29, 0.717) is 36.2 Å². The monoisotopic (exact) mass is 544 g/mol. The van der Waals surface area contributed by atoms with Crippen molar-refractivity contribution < 1.29 is 9.53 Å². The number of guanidine groups is 1. The molecule has 8 heteroatoms. The molecule has 2 aromatic rings. The SMILES string of the molecule is CCCNC(=O)c1cccc(CNC(=NC)NCCc2ccc(OC)cc2Cl)c1.I. The molecule has 0 aliphatic heterocycles. The molecule has 0 saturated heterocycles. The summed E-state index contributed by atoms with van der Waals surface area (Å²) in [6.45, 7) is 3.96. The molecule has 0 bridgehead atoms. The molecule has 30 heavy (non-hydrogen) atoms. The number of aliphatic imine (C=N–C) groups is 1. The van der Waals surface area contributed by atoms with E-state index >= 15 is 0 Å². The molecule has 2 rings (SSSR count). The molecule has 0 saturated carbocycles. The summed E-state index contributed by atoms with van der Waals surface area (Å²) in [5.74, 6) is 1.39. The van der Waals surface area contributed by atoms with Crippen molar-refractivity contribution in [1.82, 2.24) is 16.0 Å². The molecule has 0 aliphatic carbocycles. The number of amides is 1. The Balaban J connectivity index is 0.00000450. The summed E-state index contributed by atoms with van der Waals surface area (Å²) in [5.41, 5.74) is 2.71. The predicted molar refractivity (Wildman–Crippen MR) is 134 cm³/mol. The van der Waals surface area contributed by atoms with Crippen molar-refractivity contribution in [2.45, 2.75) is 26.3 Å². The molecule has 0 atom stereocenters. The van der Waals surface area contributed by atoms with Crippen molar-refractivity contribution in [1.29, 1.82) is 0 Å². The number of benzene rings is 2. The molecular formula is C22H30ClIN4O2. The Labute approximate surface area is 200 Å². The Morgan fingerprint density at radius 1 is 1.10 bits per heavy atom. The zero-order valence-electron chi connectivity index (χ0n) is 17.6. The van der Waals surface area contributed by atoms with Gasteiger partial charge in [0.05, 0.1) is 7.11 Å². The number of carbonyl (C=O) groups is 1. The number of methoxy groups -OCH3 is 1. The summed E-state index contributed by atoms with van der Waals surface area (Å²) in [6, 6.07) is 13.3. The minimum Gasteiger partial charge on any atom is -0.497 e. The Morgan fingerprint density at radius 3 is 2.57 bits per heavy atom. The van der Waals surface area contributed by atoms with Crippen LogP contribution in [0, 0.1) is 0 Å². The average Bonchev–Trinajstić information content (AvgIpc) is 2.75. The molecule has 0 aromatic heterocycles. The number of carbonyl (C=O) groups excluding carboxylic acids is 1. The first kappa shape index (κ1) is 26.0. The molecule has 2 aromatic carbocycles. The molecule has 0 unspecified atom stereocenters. The highest BCUT2D eigenvalue weighted by molar-refractivity contribution is 14.0. The van der Waals surface area contributed by atoms with Gasteiger partial charge in [-0.15, -0.1) is 24.0 Å². The van der Waals surface area contributed by atoms with Crippen LogP contribution in [0.3, 0.4) is 0 Å². The first-order valence-electron chi connectivity index (χ1n) is 9.71. The van der Waals surface area contributed by atoms with E-state index in [0.717, 1.165) is 29.7 Å². The summed E-state index contributed by atoms with van der Waals surface area (Å²) in [7, 11) is 3.35. The van der Waals surface area contributed by atoms with Crippen LogP contribution < -0.4 is 20.7 Å². The minimum atomic E-state index is -0.0485. The molecule has 0 aliphatic rings. The van der Waals surface area contributed by atoms with E-state index in [4.69, 9.17) is 16.3 Å². The summed E-state index contributed by atoms with van der Waals surface area (Å²) in [4.78, 5) is 16.4. The lowest BCUT2D eigenvalue weighted by Gasteiger charge is -2.13. The van der Waals surface area contributed by atoms with Crippen molar-refractivity contribution in [2.75, 3.05) is 27.2 Å². The molecule has 1 amide bonds. The second-order valence-corrected chi connectivity index (χ2v) is 6.92. The molecule has 3 N–H and O–H groups in total. The van der Waals surface area contributed by atoms with Crippen LogP contribution in [0.25, 0.3) is 0 Å². The van der Waals surface area contributed by atoms with Crippen molar-refractivity contribution in [2.24, 2.45) is 4.99 Å². The van der Waals surface area contributed by atoms with Crippen molar-refractivity contribution in [3.8, 4) is 5.75 Å². The molecule has 0 heterocycles. The average molecular weight is 545 g/mol. The lowest BCUT2D eigenvalue weighted by atomic mass is 10.1. The maximum absolute atomic E-state index is 12.1. The van der Waals surface area contributed by atoms with Crippen LogP contribution in [0.4, 0.5) is 0 Å². The molecule has 6 nitrogen and oxygen atoms in total. The van der Waals surface area contributed by atoms with Gasteiger partial charge in [0.1, 0.15) is 5.75 Å². The number of nitrogens with zero attached hydrogens (tertiary/aromatic N) is 1. The highest BCUT2D eigenvalue weighted by Gasteiger charge is 2.06. The summed E-state index contributed by atoms with van der Waals surface area (Å²) in [6.07, 6.45) is 1.67. The number of nitrogens with one attached hydrogen (secondary N) is 3. The maximum atomic E-state index is 12.1. The van der Waals surface area contributed by atoms with E-state index in [9.17, 15) is 4.79 Å². The molecular weight excluding hydrogens is 515 g/mol. The standard InChI is InChI=1S/C22H29ClN4O2.HI/c1-4-11-25-21(28)18-7-5-6-16(13-18)15-27-22(24-2)26-12-10-17-8-9-19(29-3)14-20(17)23;/h5-9,13-14H,4,10-12,15H2,1-3H3,(H,25,28)(H2,24,26,27);1H. The van der Waals surface area contributed by atoms with Gasteiger partial charge in [-0.2, -0.15) is 0 Å². The van der Waals surface area contributed by atoms with Gasteiger partial charge in [-0.25, -0.2) is 0 Å².